The summed E-state index contributed by atoms with van der Waals surface area (Å²) < 4.78 is 38.0. The molecular weight excluding hydrogens is 506 g/mol. The maximum Gasteiger partial charge on any atom is 0.508 e. The summed E-state index contributed by atoms with van der Waals surface area (Å²) in [5.41, 5.74) is 0.806. The molecule has 1 aromatic carbocycles. The molecule has 2 rings (SSSR count). The van der Waals surface area contributed by atoms with Crippen LogP contribution in [0.15, 0.2) is 42.5 Å². The summed E-state index contributed by atoms with van der Waals surface area (Å²) in [6.45, 7) is 0.562. The molecule has 10 nitrogen and oxygen atoms in total. The Hall–Kier alpha value is -1.95. The highest BCUT2D eigenvalue weighted by Crippen LogP contribution is 2.48. The van der Waals surface area contributed by atoms with Gasteiger partial charge in [0.1, 0.15) is 33.3 Å². The second-order valence-corrected chi connectivity index (χ2v) is 9.99. The number of rotatable bonds is 14. The number of thiocarbonyl (C=S) groups is 1. The molecule has 1 fully saturated rings. The number of phosphoric ester groups is 1. The average Bonchev–Trinajstić information content (AvgIpc) is 3.16. The van der Waals surface area contributed by atoms with E-state index in [0.29, 0.717) is 11.5 Å². The van der Waals surface area contributed by atoms with E-state index in [2.05, 4.69) is 15.2 Å². The van der Waals surface area contributed by atoms with Crippen molar-refractivity contribution in [3.05, 3.63) is 48.0 Å². The zero-order valence-corrected chi connectivity index (χ0v) is 22.2. The maximum absolute atomic E-state index is 12.1. The van der Waals surface area contributed by atoms with Crippen molar-refractivity contribution in [1.82, 2.24) is 10.6 Å². The SMILES string of the molecule is [B][C@@H]1O[C@H](COC(=O)OCc2ccccc2)[C@H](OP(=O)(O)OC)C1C/C=C/CCCCNC(=S)NC. The molecule has 0 aromatic heterocycles. The van der Waals surface area contributed by atoms with Crippen LogP contribution in [0.1, 0.15) is 31.2 Å². The van der Waals surface area contributed by atoms with Gasteiger partial charge in [-0.2, -0.15) is 0 Å². The highest BCUT2D eigenvalue weighted by molar-refractivity contribution is 7.80. The summed E-state index contributed by atoms with van der Waals surface area (Å²) in [6, 6.07) is 8.35. The fourth-order valence-electron chi connectivity index (χ4n) is 3.55. The van der Waals surface area contributed by atoms with Crippen LogP contribution in [0.2, 0.25) is 0 Å². The molecule has 1 aliphatic rings. The number of benzene rings is 1. The Morgan fingerprint density at radius 1 is 1.25 bits per heavy atom. The maximum atomic E-state index is 12.1. The van der Waals surface area contributed by atoms with Crippen molar-refractivity contribution < 1.29 is 37.5 Å². The molecule has 0 bridgehead atoms. The first-order chi connectivity index (χ1) is 17.3. The molecule has 0 amide bonds. The topological polar surface area (TPSA) is 125 Å². The fourth-order valence-corrected chi connectivity index (χ4v) is 4.33. The van der Waals surface area contributed by atoms with Crippen LogP contribution in [0.25, 0.3) is 0 Å². The number of unbranched alkanes of at least 4 members (excludes halogenated alkanes) is 2. The van der Waals surface area contributed by atoms with Crippen molar-refractivity contribution in [3.8, 4) is 0 Å². The molecule has 0 aliphatic carbocycles. The lowest BCUT2D eigenvalue weighted by molar-refractivity contribution is -0.0303. The number of nitrogens with one attached hydrogen (secondary N) is 2. The Morgan fingerprint density at radius 2 is 2.00 bits per heavy atom. The third kappa shape index (κ3) is 11.0. The number of allylic oxidation sites excluding steroid dienone is 2. The first-order valence-corrected chi connectivity index (χ1v) is 13.6. The molecule has 0 saturated carbocycles. The lowest BCUT2D eigenvalue weighted by Crippen LogP contribution is -2.34. The van der Waals surface area contributed by atoms with E-state index < -0.39 is 38.1 Å². The van der Waals surface area contributed by atoms with Gasteiger partial charge in [0, 0.05) is 32.6 Å². The van der Waals surface area contributed by atoms with Gasteiger partial charge in [0.2, 0.25) is 0 Å². The van der Waals surface area contributed by atoms with Crippen LogP contribution in [-0.4, -0.2) is 69.5 Å². The van der Waals surface area contributed by atoms with Crippen LogP contribution >= 0.6 is 20.0 Å². The molecule has 36 heavy (non-hydrogen) atoms. The molecule has 2 unspecified atom stereocenters. The van der Waals surface area contributed by atoms with Gasteiger partial charge in [-0.25, -0.2) is 9.36 Å². The second kappa shape index (κ2) is 16.0. The van der Waals surface area contributed by atoms with Gasteiger partial charge in [0.15, 0.2) is 5.11 Å². The number of ether oxygens (including phenoxy) is 3. The molecule has 3 N–H and O–H groups in total. The lowest BCUT2D eigenvalue weighted by atomic mass is 9.82. The van der Waals surface area contributed by atoms with Crippen LogP contribution in [0, 0.1) is 5.92 Å². The highest BCUT2D eigenvalue weighted by atomic mass is 32.1. The minimum Gasteiger partial charge on any atom is -0.431 e. The minimum absolute atomic E-state index is 0.0474. The van der Waals surface area contributed by atoms with Gasteiger partial charge in [-0.05, 0) is 43.5 Å². The first-order valence-electron chi connectivity index (χ1n) is 11.7. The van der Waals surface area contributed by atoms with Gasteiger partial charge in [-0.3, -0.25) is 9.05 Å². The van der Waals surface area contributed by atoms with Crippen LogP contribution in [0.4, 0.5) is 4.79 Å². The monoisotopic (exact) mass is 540 g/mol. The molecule has 198 valence electrons. The summed E-state index contributed by atoms with van der Waals surface area (Å²) in [5, 5.41) is 6.56. The molecule has 5 atom stereocenters. The van der Waals surface area contributed by atoms with E-state index in [4.69, 9.17) is 38.8 Å². The third-order valence-electron chi connectivity index (χ3n) is 5.48. The average molecular weight is 540 g/mol. The van der Waals surface area contributed by atoms with Crippen molar-refractivity contribution in [2.75, 3.05) is 27.3 Å². The zero-order chi connectivity index (χ0) is 26.4. The predicted octanol–water partition coefficient (Wildman–Crippen LogP) is 3.19. The minimum atomic E-state index is -4.35. The van der Waals surface area contributed by atoms with Crippen LogP contribution in [0.5, 0.6) is 0 Å². The van der Waals surface area contributed by atoms with Crippen molar-refractivity contribution in [1.29, 1.82) is 0 Å². The number of hydrogen-bond acceptors (Lipinski definition) is 8. The molecule has 1 aromatic rings. The molecule has 1 heterocycles. The van der Waals surface area contributed by atoms with Gasteiger partial charge in [0.05, 0.1) is 0 Å². The van der Waals surface area contributed by atoms with Gasteiger partial charge in [-0.1, -0.05) is 42.5 Å². The van der Waals surface area contributed by atoms with Crippen LogP contribution in [0.3, 0.4) is 0 Å². The second-order valence-electron chi connectivity index (χ2n) is 8.07. The predicted molar refractivity (Wildman–Crippen MR) is 139 cm³/mol. The van der Waals surface area contributed by atoms with Crippen molar-refractivity contribution >= 4 is 39.2 Å². The largest absolute Gasteiger partial charge is 0.508 e. The fraction of sp³-hybridized carbons (Fsp3) is 0.565. The van der Waals surface area contributed by atoms with Gasteiger partial charge < -0.3 is 29.7 Å². The smallest absolute Gasteiger partial charge is 0.431 e. The molecule has 2 radical (unpaired) electrons. The Labute approximate surface area is 219 Å². The standard InChI is InChI=1S/C23H34BN2O8PS/c1-25-22(36)26-14-10-5-3-4-9-13-18-20(34-35(28,29)30-2)19(33-21(18)24)16-32-23(27)31-15-17-11-7-6-8-12-17/h4,6-9,11-12,18-21H,3,5,10,13-16H2,1-2H3,(H,28,29)(H2,25,26,36)/b9-4+/t18?,19-,20-,21-/m1/s1. The highest BCUT2D eigenvalue weighted by Gasteiger charge is 2.46. The normalized spacial score (nSPS) is 23.2. The Kier molecular flexibility index (Phi) is 13.5. The van der Waals surface area contributed by atoms with E-state index in [1.54, 1.807) is 7.05 Å². The number of hydrogen-bond donors (Lipinski definition) is 3. The van der Waals surface area contributed by atoms with Crippen molar-refractivity contribution in [2.45, 2.75) is 50.5 Å². The van der Waals surface area contributed by atoms with Gasteiger partial charge >= 0.3 is 14.0 Å². The summed E-state index contributed by atoms with van der Waals surface area (Å²) >= 11 is 5.03. The summed E-state index contributed by atoms with van der Waals surface area (Å²) in [5.74, 6) is -0.458. The van der Waals surface area contributed by atoms with Crippen molar-refractivity contribution in [3.63, 3.8) is 0 Å². The van der Waals surface area contributed by atoms with E-state index in [9.17, 15) is 14.3 Å². The van der Waals surface area contributed by atoms with Crippen LogP contribution < -0.4 is 10.6 Å². The van der Waals surface area contributed by atoms with E-state index in [-0.39, 0.29) is 13.2 Å². The van der Waals surface area contributed by atoms with Gasteiger partial charge in [-0.15, -0.1) is 0 Å². The number of carbonyl (C=O) groups is 1. The summed E-state index contributed by atoms with van der Waals surface area (Å²) in [6.07, 6.45) is 4.43. The number of phosphoric acid groups is 1. The summed E-state index contributed by atoms with van der Waals surface area (Å²) in [4.78, 5) is 21.9. The van der Waals surface area contributed by atoms with E-state index in [1.807, 2.05) is 42.5 Å². The van der Waals surface area contributed by atoms with E-state index in [0.717, 1.165) is 38.5 Å². The Bertz CT molecular complexity index is 894. The summed E-state index contributed by atoms with van der Waals surface area (Å²) in [7, 11) is 4.62. The van der Waals surface area contributed by atoms with Crippen molar-refractivity contribution in [2.24, 2.45) is 5.92 Å². The van der Waals surface area contributed by atoms with Crippen LogP contribution in [-0.2, 0) is 34.4 Å². The van der Waals surface area contributed by atoms with E-state index in [1.165, 1.54) is 0 Å². The van der Waals surface area contributed by atoms with Gasteiger partial charge in [0.25, 0.3) is 0 Å². The van der Waals surface area contributed by atoms with E-state index >= 15 is 0 Å². The molecule has 13 heteroatoms. The Balaban J connectivity index is 1.85. The first kappa shape index (κ1) is 30.3. The molecule has 1 aliphatic heterocycles. The quantitative estimate of drug-likeness (QED) is 0.0805. The molecule has 1 saturated heterocycles. The third-order valence-corrected chi connectivity index (χ3v) is 6.80. The Morgan fingerprint density at radius 3 is 2.69 bits per heavy atom. The lowest BCUT2D eigenvalue weighted by Gasteiger charge is -2.24. The zero-order valence-electron chi connectivity index (χ0n) is 20.5. The molecular formula is C23H34BN2O8PS. The molecule has 0 spiro atoms. The number of carbonyl (C=O) groups excluding carboxylic acids is 1.